The van der Waals surface area contributed by atoms with Crippen LogP contribution in [-0.2, 0) is 4.79 Å². The van der Waals surface area contributed by atoms with Crippen LogP contribution in [0.1, 0.15) is 56.7 Å². The molecule has 2 heterocycles. The van der Waals surface area contributed by atoms with Crippen LogP contribution in [0.5, 0.6) is 5.75 Å². The number of amides is 1. The number of halogens is 1. The summed E-state index contributed by atoms with van der Waals surface area (Å²) >= 11 is 6.11. The van der Waals surface area contributed by atoms with E-state index in [1.807, 2.05) is 48.2 Å². The maximum absolute atomic E-state index is 13.0. The van der Waals surface area contributed by atoms with E-state index >= 15 is 0 Å². The van der Waals surface area contributed by atoms with E-state index in [4.69, 9.17) is 16.3 Å². The van der Waals surface area contributed by atoms with E-state index in [1.165, 1.54) is 5.69 Å². The van der Waals surface area contributed by atoms with Gasteiger partial charge in [0.2, 0.25) is 0 Å². The van der Waals surface area contributed by atoms with E-state index in [2.05, 4.69) is 31.0 Å². The van der Waals surface area contributed by atoms with E-state index in [9.17, 15) is 4.79 Å². The highest BCUT2D eigenvalue weighted by atomic mass is 35.5. The monoisotopic (exact) mass is 424 g/mol. The van der Waals surface area contributed by atoms with Crippen LogP contribution in [0.4, 0.5) is 0 Å². The van der Waals surface area contributed by atoms with Crippen LogP contribution in [0.2, 0.25) is 5.02 Å². The molecule has 1 unspecified atom stereocenters. The van der Waals surface area contributed by atoms with Crippen LogP contribution in [0.25, 0.3) is 10.9 Å². The molecule has 0 bridgehead atoms. The highest BCUT2D eigenvalue weighted by molar-refractivity contribution is 6.31. The molecule has 2 aromatic carbocycles. The Morgan fingerprint density at radius 1 is 1.10 bits per heavy atom. The number of hydrogen-bond acceptors (Lipinski definition) is 2. The molecule has 1 aliphatic heterocycles. The van der Waals surface area contributed by atoms with Crippen molar-refractivity contribution >= 4 is 28.4 Å². The summed E-state index contributed by atoms with van der Waals surface area (Å²) in [5, 5.41) is 1.89. The van der Waals surface area contributed by atoms with Gasteiger partial charge in [0.1, 0.15) is 5.75 Å². The average Bonchev–Trinajstić information content (AvgIpc) is 3.16. The fourth-order valence-corrected chi connectivity index (χ4v) is 4.50. The summed E-state index contributed by atoms with van der Waals surface area (Å²) in [4.78, 5) is 18.4. The number of likely N-dealkylation sites (tertiary alicyclic amines) is 1. The summed E-state index contributed by atoms with van der Waals surface area (Å²) in [6, 6.07) is 16.1. The molecule has 1 fully saturated rings. The van der Waals surface area contributed by atoms with Crippen LogP contribution < -0.4 is 4.74 Å². The van der Waals surface area contributed by atoms with Gasteiger partial charge in [-0.15, -0.1) is 0 Å². The number of piperidine rings is 1. The minimum Gasteiger partial charge on any atom is -0.481 e. The Bertz CT molecular complexity index is 1030. The molecule has 0 aliphatic carbocycles. The molecule has 0 radical (unpaired) electrons. The van der Waals surface area contributed by atoms with Crippen LogP contribution >= 0.6 is 11.6 Å². The average molecular weight is 425 g/mol. The number of H-pyrrole nitrogens is 1. The highest BCUT2D eigenvalue weighted by Gasteiger charge is 2.28. The van der Waals surface area contributed by atoms with Gasteiger partial charge in [-0.25, -0.2) is 0 Å². The molecule has 5 heteroatoms. The van der Waals surface area contributed by atoms with Crippen molar-refractivity contribution < 1.29 is 9.53 Å². The maximum atomic E-state index is 13.0. The number of para-hydroxylation sites is 1. The van der Waals surface area contributed by atoms with Gasteiger partial charge in [0, 0.05) is 40.6 Å². The summed E-state index contributed by atoms with van der Waals surface area (Å²) in [7, 11) is 0. The number of carbonyl (C=O) groups is 1. The summed E-state index contributed by atoms with van der Waals surface area (Å²) in [5.41, 5.74) is 3.48. The Morgan fingerprint density at radius 2 is 1.83 bits per heavy atom. The van der Waals surface area contributed by atoms with Crippen molar-refractivity contribution in [3.63, 3.8) is 0 Å². The fourth-order valence-electron chi connectivity index (χ4n) is 4.32. The lowest BCUT2D eigenvalue weighted by Gasteiger charge is -2.33. The molecule has 4 nitrogen and oxygen atoms in total. The van der Waals surface area contributed by atoms with Gasteiger partial charge in [-0.1, -0.05) is 43.6 Å². The topological polar surface area (TPSA) is 45.3 Å². The lowest BCUT2D eigenvalue weighted by Crippen LogP contribution is -2.44. The zero-order valence-electron chi connectivity index (χ0n) is 17.8. The second-order valence-electron chi connectivity index (χ2n) is 8.51. The van der Waals surface area contributed by atoms with E-state index in [0.717, 1.165) is 53.2 Å². The Kier molecular flexibility index (Phi) is 6.05. The third-order valence-corrected chi connectivity index (χ3v) is 6.28. The van der Waals surface area contributed by atoms with Gasteiger partial charge in [0.25, 0.3) is 5.91 Å². The molecule has 0 saturated carbocycles. The first-order chi connectivity index (χ1) is 14.4. The van der Waals surface area contributed by atoms with Gasteiger partial charge in [-0.2, -0.15) is 0 Å². The van der Waals surface area contributed by atoms with Crippen molar-refractivity contribution in [3.05, 3.63) is 64.8 Å². The molecule has 1 amide bonds. The number of aromatic nitrogens is 1. The molecular formula is C25H29ClN2O2. The number of hydrogen-bond donors (Lipinski definition) is 1. The van der Waals surface area contributed by atoms with Crippen LogP contribution in [-0.4, -0.2) is 35.0 Å². The number of carbonyl (C=O) groups excluding carboxylic acids is 1. The zero-order chi connectivity index (χ0) is 21.3. The molecular weight excluding hydrogens is 396 g/mol. The van der Waals surface area contributed by atoms with E-state index in [-0.39, 0.29) is 5.91 Å². The van der Waals surface area contributed by atoms with E-state index in [0.29, 0.717) is 11.8 Å². The lowest BCUT2D eigenvalue weighted by atomic mass is 9.93. The fraction of sp³-hybridized carbons (Fsp3) is 0.400. The SMILES string of the molecule is CC(Oc1ccccc1C(C)C)C(=O)N1CCC(c2cc3cc(Cl)ccc3[nH]2)CC1. The van der Waals surface area contributed by atoms with Crippen LogP contribution in [0.15, 0.2) is 48.5 Å². The normalized spacial score (nSPS) is 16.2. The van der Waals surface area contributed by atoms with E-state index in [1.54, 1.807) is 0 Å². The Morgan fingerprint density at radius 3 is 2.57 bits per heavy atom. The van der Waals surface area contributed by atoms with Gasteiger partial charge in [-0.05, 0) is 61.6 Å². The predicted molar refractivity (Wildman–Crippen MR) is 122 cm³/mol. The molecule has 1 saturated heterocycles. The highest BCUT2D eigenvalue weighted by Crippen LogP contribution is 2.32. The summed E-state index contributed by atoms with van der Waals surface area (Å²) in [5.74, 6) is 1.65. The Hall–Kier alpha value is -2.46. The number of rotatable bonds is 5. The molecule has 1 N–H and O–H groups in total. The van der Waals surface area contributed by atoms with Crippen molar-refractivity contribution in [2.24, 2.45) is 0 Å². The quantitative estimate of drug-likeness (QED) is 0.536. The third-order valence-electron chi connectivity index (χ3n) is 6.04. The first-order valence-corrected chi connectivity index (χ1v) is 11.1. The standard InChI is InChI=1S/C25H29ClN2O2/c1-16(2)21-6-4-5-7-24(21)30-17(3)25(29)28-12-10-18(11-13-28)23-15-19-14-20(26)8-9-22(19)27-23/h4-9,14-18,27H,10-13H2,1-3H3. The summed E-state index contributed by atoms with van der Waals surface area (Å²) in [6.07, 6.45) is 1.40. The molecule has 3 aromatic rings. The van der Waals surface area contributed by atoms with Crippen LogP contribution in [0, 0.1) is 0 Å². The second kappa shape index (κ2) is 8.73. The predicted octanol–water partition coefficient (Wildman–Crippen LogP) is 6.12. The zero-order valence-corrected chi connectivity index (χ0v) is 18.6. The largest absolute Gasteiger partial charge is 0.481 e. The first-order valence-electron chi connectivity index (χ1n) is 10.7. The van der Waals surface area contributed by atoms with Crippen molar-refractivity contribution in [2.45, 2.75) is 51.6 Å². The molecule has 0 spiro atoms. The van der Waals surface area contributed by atoms with Gasteiger partial charge in [-0.3, -0.25) is 4.79 Å². The number of nitrogens with zero attached hydrogens (tertiary/aromatic N) is 1. The van der Waals surface area contributed by atoms with Gasteiger partial charge >= 0.3 is 0 Å². The first kappa shape index (κ1) is 20.8. The van der Waals surface area contributed by atoms with Gasteiger partial charge in [0.15, 0.2) is 6.10 Å². The van der Waals surface area contributed by atoms with Crippen molar-refractivity contribution in [2.75, 3.05) is 13.1 Å². The second-order valence-corrected chi connectivity index (χ2v) is 8.94. The number of aromatic amines is 1. The smallest absolute Gasteiger partial charge is 0.263 e. The minimum atomic E-state index is -0.489. The molecule has 1 atom stereocenters. The molecule has 158 valence electrons. The number of nitrogens with one attached hydrogen (secondary N) is 1. The molecule has 1 aliphatic rings. The number of fused-ring (bicyclic) bond motifs is 1. The number of ether oxygens (including phenoxy) is 1. The lowest BCUT2D eigenvalue weighted by molar-refractivity contribution is -0.139. The Labute approximate surface area is 183 Å². The van der Waals surface area contributed by atoms with Gasteiger partial charge in [0.05, 0.1) is 0 Å². The summed E-state index contributed by atoms with van der Waals surface area (Å²) in [6.45, 7) is 7.63. The van der Waals surface area contributed by atoms with Crippen molar-refractivity contribution in [1.82, 2.24) is 9.88 Å². The Balaban J connectivity index is 1.38. The number of benzene rings is 2. The maximum Gasteiger partial charge on any atom is 0.263 e. The van der Waals surface area contributed by atoms with Crippen molar-refractivity contribution in [3.8, 4) is 5.75 Å². The van der Waals surface area contributed by atoms with Gasteiger partial charge < -0.3 is 14.6 Å². The molecule has 1 aromatic heterocycles. The van der Waals surface area contributed by atoms with Crippen LogP contribution in [0.3, 0.4) is 0 Å². The summed E-state index contributed by atoms with van der Waals surface area (Å²) < 4.78 is 6.07. The molecule has 4 rings (SSSR count). The molecule has 30 heavy (non-hydrogen) atoms. The van der Waals surface area contributed by atoms with E-state index < -0.39 is 6.10 Å². The minimum absolute atomic E-state index is 0.0652. The third kappa shape index (κ3) is 4.34. The van der Waals surface area contributed by atoms with Crippen molar-refractivity contribution in [1.29, 1.82) is 0 Å².